The zero-order valence-electron chi connectivity index (χ0n) is 14.7. The number of anilines is 2. The van der Waals surface area contributed by atoms with Crippen molar-refractivity contribution in [3.05, 3.63) is 57.9 Å². The number of nitrogens with one attached hydrogen (secondary N) is 1. The highest BCUT2D eigenvalue weighted by Gasteiger charge is 2.19. The molecule has 0 saturated carbocycles. The van der Waals surface area contributed by atoms with E-state index in [9.17, 15) is 4.79 Å². The van der Waals surface area contributed by atoms with Gasteiger partial charge >= 0.3 is 0 Å². The number of ether oxygens (including phenoxy) is 1. The van der Waals surface area contributed by atoms with Gasteiger partial charge in [-0.05, 0) is 36.8 Å². The van der Waals surface area contributed by atoms with Gasteiger partial charge in [-0.25, -0.2) is 4.98 Å². The molecule has 1 amide bonds. The summed E-state index contributed by atoms with van der Waals surface area (Å²) in [6.07, 6.45) is 0. The van der Waals surface area contributed by atoms with Crippen LogP contribution in [0.1, 0.15) is 15.2 Å². The topological polar surface area (TPSA) is 77.2 Å². The fourth-order valence-corrected chi connectivity index (χ4v) is 4.15. The van der Waals surface area contributed by atoms with E-state index in [2.05, 4.69) is 5.32 Å². The highest BCUT2D eigenvalue weighted by atomic mass is 35.5. The zero-order valence-corrected chi connectivity index (χ0v) is 16.2. The number of amides is 1. The van der Waals surface area contributed by atoms with Gasteiger partial charge in [-0.3, -0.25) is 4.79 Å². The molecule has 0 saturated heterocycles. The smallest absolute Gasteiger partial charge is 0.268 e. The number of nitrogens with two attached hydrogens (primary N) is 1. The number of hydrogen-bond acceptors (Lipinski definition) is 5. The molecule has 0 spiro atoms. The van der Waals surface area contributed by atoms with Crippen molar-refractivity contribution in [2.24, 2.45) is 0 Å². The molecular formula is C20H16ClN3O2S. The van der Waals surface area contributed by atoms with E-state index in [1.807, 2.05) is 31.2 Å². The van der Waals surface area contributed by atoms with Crippen LogP contribution < -0.4 is 15.8 Å². The number of nitrogens with zero attached hydrogens (tertiary/aromatic N) is 1. The summed E-state index contributed by atoms with van der Waals surface area (Å²) in [7, 11) is 1.53. The van der Waals surface area contributed by atoms with Crippen LogP contribution in [0.3, 0.4) is 0 Å². The molecule has 27 heavy (non-hydrogen) atoms. The van der Waals surface area contributed by atoms with Crippen LogP contribution in [0, 0.1) is 6.92 Å². The number of hydrogen-bond donors (Lipinski definition) is 2. The molecule has 0 aliphatic rings. The van der Waals surface area contributed by atoms with Gasteiger partial charge < -0.3 is 15.8 Å². The fourth-order valence-electron chi connectivity index (χ4n) is 3.00. The summed E-state index contributed by atoms with van der Waals surface area (Å²) in [6.45, 7) is 2.01. The number of rotatable bonds is 3. The minimum absolute atomic E-state index is 0.322. The highest BCUT2D eigenvalue weighted by Crippen LogP contribution is 2.36. The second-order valence-electron chi connectivity index (χ2n) is 6.13. The van der Waals surface area contributed by atoms with Crippen LogP contribution >= 0.6 is 22.9 Å². The van der Waals surface area contributed by atoms with Gasteiger partial charge in [-0.1, -0.05) is 29.8 Å². The van der Waals surface area contributed by atoms with Crippen molar-refractivity contribution in [1.29, 1.82) is 0 Å². The number of halogens is 1. The molecule has 5 nitrogen and oxygen atoms in total. The van der Waals surface area contributed by atoms with E-state index in [0.717, 1.165) is 26.7 Å². The quantitative estimate of drug-likeness (QED) is 0.494. The first-order chi connectivity index (χ1) is 13.0. The second kappa shape index (κ2) is 6.72. The molecule has 3 N–H and O–H groups in total. The molecule has 2 heterocycles. The maximum atomic E-state index is 12.8. The number of fused-ring (bicyclic) bond motifs is 2. The van der Waals surface area contributed by atoms with E-state index >= 15 is 0 Å². The average molecular weight is 398 g/mol. The van der Waals surface area contributed by atoms with Crippen molar-refractivity contribution in [1.82, 2.24) is 4.98 Å². The zero-order chi connectivity index (χ0) is 19.1. The Hall–Kier alpha value is -2.83. The third kappa shape index (κ3) is 3.07. The third-order valence-electron chi connectivity index (χ3n) is 4.36. The lowest BCUT2D eigenvalue weighted by molar-refractivity contribution is 0.103. The molecule has 2 aromatic carbocycles. The molecule has 4 rings (SSSR count). The first-order valence-electron chi connectivity index (χ1n) is 8.21. The third-order valence-corrected chi connectivity index (χ3v) is 5.71. The number of methoxy groups -OCH3 is 1. The second-order valence-corrected chi connectivity index (χ2v) is 7.57. The SMILES string of the molecule is COc1ccc(Cl)cc1NC(=O)c1sc2nc3c(C)cccc3cc2c1N. The maximum Gasteiger partial charge on any atom is 0.268 e. The Kier molecular flexibility index (Phi) is 4.37. The number of thiophene rings is 1. The standard InChI is InChI=1S/C20H16ClN3O2S/c1-10-4-3-5-11-8-13-16(22)18(27-20(13)24-17(10)11)19(25)23-14-9-12(21)6-7-15(14)26-2/h3-9H,22H2,1-2H3,(H,23,25). The van der Waals surface area contributed by atoms with Crippen LogP contribution in [0.15, 0.2) is 42.5 Å². The van der Waals surface area contributed by atoms with Crippen LogP contribution in [0.5, 0.6) is 5.75 Å². The number of pyridine rings is 1. The van der Waals surface area contributed by atoms with Gasteiger partial charge in [0.1, 0.15) is 15.5 Å². The molecule has 0 unspecified atom stereocenters. The Morgan fingerprint density at radius 2 is 2.07 bits per heavy atom. The van der Waals surface area contributed by atoms with Crippen LogP contribution in [0.25, 0.3) is 21.1 Å². The minimum atomic E-state index is -0.322. The Bertz CT molecular complexity index is 1200. The maximum absolute atomic E-state index is 12.8. The molecule has 0 fully saturated rings. The van der Waals surface area contributed by atoms with E-state index in [1.165, 1.54) is 18.4 Å². The summed E-state index contributed by atoms with van der Waals surface area (Å²) in [5, 5.41) is 5.10. The minimum Gasteiger partial charge on any atom is -0.495 e. The van der Waals surface area contributed by atoms with Crippen molar-refractivity contribution in [2.45, 2.75) is 6.92 Å². The number of para-hydroxylation sites is 1. The number of carbonyl (C=O) groups is 1. The van der Waals surface area contributed by atoms with Gasteiger partial charge in [0, 0.05) is 15.8 Å². The number of nitrogen functional groups attached to an aromatic ring is 1. The van der Waals surface area contributed by atoms with Crippen LogP contribution in [0.4, 0.5) is 11.4 Å². The summed E-state index contributed by atoms with van der Waals surface area (Å²) in [5.74, 6) is 0.198. The Balaban J connectivity index is 1.78. The van der Waals surface area contributed by atoms with Crippen molar-refractivity contribution >= 4 is 61.3 Å². The molecule has 0 aliphatic heterocycles. The van der Waals surface area contributed by atoms with E-state index in [1.54, 1.807) is 18.2 Å². The summed E-state index contributed by atoms with van der Waals surface area (Å²) in [5.41, 5.74) is 9.17. The van der Waals surface area contributed by atoms with E-state index in [0.29, 0.717) is 27.0 Å². The average Bonchev–Trinajstić information content (AvgIpc) is 2.97. The molecule has 0 radical (unpaired) electrons. The molecule has 136 valence electrons. The van der Waals surface area contributed by atoms with Crippen molar-refractivity contribution < 1.29 is 9.53 Å². The molecule has 2 aromatic heterocycles. The van der Waals surface area contributed by atoms with Gasteiger partial charge in [0.05, 0.1) is 24.0 Å². The van der Waals surface area contributed by atoms with Crippen molar-refractivity contribution in [3.63, 3.8) is 0 Å². The van der Waals surface area contributed by atoms with Gasteiger partial charge in [0.25, 0.3) is 5.91 Å². The summed E-state index contributed by atoms with van der Waals surface area (Å²) in [4.78, 5) is 18.7. The van der Waals surface area contributed by atoms with Crippen LogP contribution in [-0.4, -0.2) is 18.0 Å². The number of carbonyl (C=O) groups excluding carboxylic acids is 1. The first-order valence-corrected chi connectivity index (χ1v) is 9.40. The van der Waals surface area contributed by atoms with Crippen molar-refractivity contribution in [2.75, 3.05) is 18.2 Å². The monoisotopic (exact) mass is 397 g/mol. The van der Waals surface area contributed by atoms with E-state index in [-0.39, 0.29) is 5.91 Å². The number of aromatic nitrogens is 1. The van der Waals surface area contributed by atoms with Crippen molar-refractivity contribution in [3.8, 4) is 5.75 Å². The van der Waals surface area contributed by atoms with E-state index in [4.69, 9.17) is 27.1 Å². The lowest BCUT2D eigenvalue weighted by Crippen LogP contribution is -2.12. The van der Waals surface area contributed by atoms with Gasteiger partial charge in [0.2, 0.25) is 0 Å². The Morgan fingerprint density at radius 3 is 2.85 bits per heavy atom. The summed E-state index contributed by atoms with van der Waals surface area (Å²) < 4.78 is 5.28. The highest BCUT2D eigenvalue weighted by molar-refractivity contribution is 7.21. The number of aryl methyl sites for hydroxylation is 1. The predicted molar refractivity (Wildman–Crippen MR) is 112 cm³/mol. The molecule has 0 atom stereocenters. The first kappa shape index (κ1) is 17.6. The lowest BCUT2D eigenvalue weighted by atomic mass is 10.1. The molecule has 0 aliphatic carbocycles. The van der Waals surface area contributed by atoms with Gasteiger partial charge in [0.15, 0.2) is 0 Å². The molecule has 7 heteroatoms. The van der Waals surface area contributed by atoms with Crippen LogP contribution in [-0.2, 0) is 0 Å². The summed E-state index contributed by atoms with van der Waals surface area (Å²) >= 11 is 7.30. The van der Waals surface area contributed by atoms with E-state index < -0.39 is 0 Å². The normalized spacial score (nSPS) is 11.1. The molecular weight excluding hydrogens is 382 g/mol. The predicted octanol–water partition coefficient (Wildman–Crippen LogP) is 5.25. The lowest BCUT2D eigenvalue weighted by Gasteiger charge is -2.10. The largest absolute Gasteiger partial charge is 0.495 e. The summed E-state index contributed by atoms with van der Waals surface area (Å²) in [6, 6.07) is 13.0. The molecule has 0 bridgehead atoms. The molecule has 4 aromatic rings. The Morgan fingerprint density at radius 1 is 1.26 bits per heavy atom. The Labute approximate surface area is 164 Å². The van der Waals surface area contributed by atoms with Crippen LogP contribution in [0.2, 0.25) is 5.02 Å². The number of benzene rings is 2. The van der Waals surface area contributed by atoms with Gasteiger partial charge in [-0.2, -0.15) is 0 Å². The van der Waals surface area contributed by atoms with Gasteiger partial charge in [-0.15, -0.1) is 11.3 Å². The fraction of sp³-hybridized carbons (Fsp3) is 0.100.